The number of aryl methyl sites for hydroxylation is 2. The SMILES string of the molecule is CCc1cc(C(=O)c2ccc3ccccc3c2)n(C)n1. The van der Waals surface area contributed by atoms with Crippen LogP contribution < -0.4 is 0 Å². The van der Waals surface area contributed by atoms with Crippen LogP contribution in [0.25, 0.3) is 10.8 Å². The molecule has 2 aromatic carbocycles. The van der Waals surface area contributed by atoms with Gasteiger partial charge < -0.3 is 0 Å². The maximum absolute atomic E-state index is 12.6. The van der Waals surface area contributed by atoms with E-state index in [0.717, 1.165) is 22.9 Å². The number of aromatic nitrogens is 2. The Morgan fingerprint density at radius 3 is 2.55 bits per heavy atom. The number of benzene rings is 2. The van der Waals surface area contributed by atoms with Crippen molar-refractivity contribution in [3.63, 3.8) is 0 Å². The van der Waals surface area contributed by atoms with Crippen LogP contribution in [-0.2, 0) is 13.5 Å². The number of ketones is 1. The van der Waals surface area contributed by atoms with E-state index in [9.17, 15) is 4.79 Å². The van der Waals surface area contributed by atoms with Crippen LogP contribution in [0.2, 0.25) is 0 Å². The number of carbonyl (C=O) groups is 1. The van der Waals surface area contributed by atoms with Gasteiger partial charge in [-0.25, -0.2) is 0 Å². The Morgan fingerprint density at radius 1 is 1.10 bits per heavy atom. The fourth-order valence-corrected chi connectivity index (χ4v) is 2.39. The monoisotopic (exact) mass is 264 g/mol. The summed E-state index contributed by atoms with van der Waals surface area (Å²) in [4.78, 5) is 12.6. The van der Waals surface area contributed by atoms with Crippen LogP contribution in [0.3, 0.4) is 0 Å². The van der Waals surface area contributed by atoms with E-state index in [2.05, 4.69) is 5.10 Å². The maximum Gasteiger partial charge on any atom is 0.211 e. The minimum absolute atomic E-state index is 0.0189. The Balaban J connectivity index is 2.05. The van der Waals surface area contributed by atoms with Gasteiger partial charge in [0, 0.05) is 12.6 Å². The van der Waals surface area contributed by atoms with E-state index in [1.54, 1.807) is 4.68 Å². The van der Waals surface area contributed by atoms with Crippen molar-refractivity contribution in [1.82, 2.24) is 9.78 Å². The molecule has 0 unspecified atom stereocenters. The zero-order valence-electron chi connectivity index (χ0n) is 11.6. The van der Waals surface area contributed by atoms with Crippen molar-refractivity contribution in [1.29, 1.82) is 0 Å². The molecule has 100 valence electrons. The van der Waals surface area contributed by atoms with Gasteiger partial charge in [-0.1, -0.05) is 43.3 Å². The fourth-order valence-electron chi connectivity index (χ4n) is 2.39. The highest BCUT2D eigenvalue weighted by atomic mass is 16.1. The first-order chi connectivity index (χ1) is 9.69. The number of rotatable bonds is 3. The van der Waals surface area contributed by atoms with Gasteiger partial charge in [-0.2, -0.15) is 5.10 Å². The highest BCUT2D eigenvalue weighted by molar-refractivity contribution is 6.09. The molecule has 3 heteroatoms. The second kappa shape index (κ2) is 4.93. The molecule has 3 rings (SSSR count). The summed E-state index contributed by atoms with van der Waals surface area (Å²) in [5.74, 6) is 0.0189. The zero-order chi connectivity index (χ0) is 14.1. The van der Waals surface area contributed by atoms with Gasteiger partial charge >= 0.3 is 0 Å². The molecule has 1 aromatic heterocycles. The van der Waals surface area contributed by atoms with E-state index >= 15 is 0 Å². The van der Waals surface area contributed by atoms with Gasteiger partial charge in [0.2, 0.25) is 5.78 Å². The predicted octanol–water partition coefficient (Wildman–Crippen LogP) is 3.37. The summed E-state index contributed by atoms with van der Waals surface area (Å²) in [6.45, 7) is 2.03. The molecule has 0 aliphatic heterocycles. The van der Waals surface area contributed by atoms with E-state index in [4.69, 9.17) is 0 Å². The van der Waals surface area contributed by atoms with Crippen LogP contribution >= 0.6 is 0 Å². The second-order valence-corrected chi connectivity index (χ2v) is 4.89. The van der Waals surface area contributed by atoms with E-state index < -0.39 is 0 Å². The Kier molecular flexibility index (Phi) is 3.11. The number of fused-ring (bicyclic) bond motifs is 1. The lowest BCUT2D eigenvalue weighted by Gasteiger charge is -2.03. The second-order valence-electron chi connectivity index (χ2n) is 4.89. The maximum atomic E-state index is 12.6. The summed E-state index contributed by atoms with van der Waals surface area (Å²) in [7, 11) is 1.81. The van der Waals surface area contributed by atoms with Crippen LogP contribution in [0.4, 0.5) is 0 Å². The molecule has 0 saturated carbocycles. The van der Waals surface area contributed by atoms with Gasteiger partial charge in [0.1, 0.15) is 5.69 Å². The lowest BCUT2D eigenvalue weighted by atomic mass is 10.0. The average molecular weight is 264 g/mol. The molecule has 0 bridgehead atoms. The number of hydrogen-bond donors (Lipinski definition) is 0. The van der Waals surface area contributed by atoms with Gasteiger partial charge in [0.15, 0.2) is 0 Å². The quantitative estimate of drug-likeness (QED) is 0.680. The largest absolute Gasteiger partial charge is 0.287 e. The summed E-state index contributed by atoms with van der Waals surface area (Å²) < 4.78 is 1.66. The first-order valence-corrected chi connectivity index (χ1v) is 6.75. The third-order valence-corrected chi connectivity index (χ3v) is 3.54. The zero-order valence-corrected chi connectivity index (χ0v) is 11.6. The summed E-state index contributed by atoms with van der Waals surface area (Å²) >= 11 is 0. The van der Waals surface area contributed by atoms with Gasteiger partial charge in [0.25, 0.3) is 0 Å². The summed E-state index contributed by atoms with van der Waals surface area (Å²) in [5, 5.41) is 6.56. The van der Waals surface area contributed by atoms with E-state index in [-0.39, 0.29) is 5.78 Å². The molecule has 0 amide bonds. The summed E-state index contributed by atoms with van der Waals surface area (Å²) in [5.41, 5.74) is 2.28. The molecule has 0 radical (unpaired) electrons. The van der Waals surface area contributed by atoms with E-state index in [1.165, 1.54) is 0 Å². The standard InChI is InChI=1S/C17H16N2O/c1-3-15-11-16(19(2)18-15)17(20)14-9-8-12-6-4-5-7-13(12)10-14/h4-11H,3H2,1-2H3. The van der Waals surface area contributed by atoms with E-state index in [0.29, 0.717) is 11.3 Å². The van der Waals surface area contributed by atoms with Crippen molar-refractivity contribution in [3.8, 4) is 0 Å². The average Bonchev–Trinajstić information content (AvgIpc) is 2.87. The highest BCUT2D eigenvalue weighted by Crippen LogP contribution is 2.18. The molecule has 0 spiro atoms. The first-order valence-electron chi connectivity index (χ1n) is 6.75. The molecule has 1 heterocycles. The van der Waals surface area contributed by atoms with Crippen molar-refractivity contribution < 1.29 is 4.79 Å². The fraction of sp³-hybridized carbons (Fsp3) is 0.176. The van der Waals surface area contributed by atoms with Gasteiger partial charge in [-0.05, 0) is 29.3 Å². The van der Waals surface area contributed by atoms with Crippen LogP contribution in [0.1, 0.15) is 28.7 Å². The predicted molar refractivity (Wildman–Crippen MR) is 80.0 cm³/mol. The number of hydrogen-bond acceptors (Lipinski definition) is 2. The van der Waals surface area contributed by atoms with Crippen LogP contribution in [0, 0.1) is 0 Å². The third-order valence-electron chi connectivity index (χ3n) is 3.54. The number of carbonyl (C=O) groups excluding carboxylic acids is 1. The smallest absolute Gasteiger partial charge is 0.211 e. The minimum Gasteiger partial charge on any atom is -0.287 e. The summed E-state index contributed by atoms with van der Waals surface area (Å²) in [6.07, 6.45) is 0.832. The Hall–Kier alpha value is -2.42. The van der Waals surface area contributed by atoms with Gasteiger partial charge in [0.05, 0.1) is 5.69 Å². The Bertz CT molecular complexity index is 787. The molecule has 0 aliphatic rings. The molecule has 0 saturated heterocycles. The first kappa shape index (κ1) is 12.6. The molecule has 3 nitrogen and oxygen atoms in total. The molecule has 0 aliphatic carbocycles. The number of nitrogens with zero attached hydrogens (tertiary/aromatic N) is 2. The molecule has 0 fully saturated rings. The lowest BCUT2D eigenvalue weighted by molar-refractivity contribution is 0.103. The normalized spacial score (nSPS) is 10.9. The Morgan fingerprint density at radius 2 is 1.85 bits per heavy atom. The van der Waals surface area contributed by atoms with Crippen molar-refractivity contribution in [2.75, 3.05) is 0 Å². The highest BCUT2D eigenvalue weighted by Gasteiger charge is 2.15. The topological polar surface area (TPSA) is 34.9 Å². The van der Waals surface area contributed by atoms with E-state index in [1.807, 2.05) is 62.5 Å². The third kappa shape index (κ3) is 2.11. The molecule has 0 N–H and O–H groups in total. The molecule has 0 atom stereocenters. The van der Waals surface area contributed by atoms with Crippen molar-refractivity contribution in [2.45, 2.75) is 13.3 Å². The molecule has 20 heavy (non-hydrogen) atoms. The summed E-state index contributed by atoms with van der Waals surface area (Å²) in [6, 6.07) is 15.7. The lowest BCUT2D eigenvalue weighted by Crippen LogP contribution is -2.08. The van der Waals surface area contributed by atoms with Crippen LogP contribution in [-0.4, -0.2) is 15.6 Å². The Labute approximate surface area is 117 Å². The van der Waals surface area contributed by atoms with Gasteiger partial charge in [-0.3, -0.25) is 9.48 Å². The van der Waals surface area contributed by atoms with Crippen molar-refractivity contribution in [3.05, 3.63) is 65.5 Å². The minimum atomic E-state index is 0.0189. The van der Waals surface area contributed by atoms with Crippen LogP contribution in [0.15, 0.2) is 48.5 Å². The van der Waals surface area contributed by atoms with Crippen molar-refractivity contribution >= 4 is 16.6 Å². The molecule has 3 aromatic rings. The molecular weight excluding hydrogens is 248 g/mol. The van der Waals surface area contributed by atoms with Crippen molar-refractivity contribution in [2.24, 2.45) is 7.05 Å². The molecular formula is C17H16N2O. The van der Waals surface area contributed by atoms with Gasteiger partial charge in [-0.15, -0.1) is 0 Å². The van der Waals surface area contributed by atoms with Crippen LogP contribution in [0.5, 0.6) is 0 Å².